The van der Waals surface area contributed by atoms with E-state index in [0.717, 1.165) is 44.4 Å². The number of likely N-dealkylation sites (tertiary alicyclic amines) is 1. The third-order valence-corrected chi connectivity index (χ3v) is 7.93. The Balaban J connectivity index is 1.38. The number of carbonyl (C=O) groups is 2. The molecule has 2 aliphatic carbocycles. The first-order valence-corrected chi connectivity index (χ1v) is 12.0. The van der Waals surface area contributed by atoms with Crippen molar-refractivity contribution in [3.8, 4) is 11.5 Å². The molecule has 1 fully saturated rings. The van der Waals surface area contributed by atoms with E-state index in [0.29, 0.717) is 30.7 Å². The van der Waals surface area contributed by atoms with Crippen LogP contribution >= 0.6 is 0 Å². The normalized spacial score (nSPS) is 31.0. The molecule has 1 spiro atoms. The Kier molecular flexibility index (Phi) is 5.95. The summed E-state index contributed by atoms with van der Waals surface area (Å²) in [6.07, 6.45) is 9.24. The smallest absolute Gasteiger partial charge is 0.308 e. The largest absolute Gasteiger partial charge is 0.482 e. The van der Waals surface area contributed by atoms with Gasteiger partial charge in [0.25, 0.3) is 0 Å². The molecule has 1 aromatic carbocycles. The third kappa shape index (κ3) is 3.66. The highest BCUT2D eigenvalue weighted by Gasteiger charge is 2.64. The maximum Gasteiger partial charge on any atom is 0.308 e. The van der Waals surface area contributed by atoms with Crippen molar-refractivity contribution in [3.63, 3.8) is 0 Å². The fourth-order valence-corrected chi connectivity index (χ4v) is 6.46. The minimum Gasteiger partial charge on any atom is -0.482 e. The van der Waals surface area contributed by atoms with Gasteiger partial charge >= 0.3 is 11.9 Å². The van der Waals surface area contributed by atoms with Crippen LogP contribution in [0.1, 0.15) is 50.2 Å². The van der Waals surface area contributed by atoms with Crippen molar-refractivity contribution in [2.24, 2.45) is 5.92 Å². The minimum absolute atomic E-state index is 0.135. The molecule has 5 atom stereocenters. The highest BCUT2D eigenvalue weighted by Crippen LogP contribution is 2.62. The molecule has 0 saturated carbocycles. The van der Waals surface area contributed by atoms with Crippen LogP contribution in [0, 0.1) is 5.92 Å². The van der Waals surface area contributed by atoms with Crippen molar-refractivity contribution < 1.29 is 28.5 Å². The van der Waals surface area contributed by atoms with Gasteiger partial charge in [0, 0.05) is 42.9 Å². The number of esters is 2. The first-order chi connectivity index (χ1) is 16.0. The maximum atomic E-state index is 11.7. The Bertz CT molecular complexity index is 974. The molecular formula is C26H33NO6. The molecule has 2 heterocycles. The average molecular weight is 456 g/mol. The van der Waals surface area contributed by atoms with Gasteiger partial charge in [0.1, 0.15) is 12.2 Å². The Hall–Kier alpha value is -2.38. The predicted octanol–water partition coefficient (Wildman–Crippen LogP) is 3.18. The third-order valence-electron chi connectivity index (χ3n) is 7.93. The van der Waals surface area contributed by atoms with E-state index in [9.17, 15) is 9.59 Å². The minimum atomic E-state index is -0.339. The fraction of sp³-hybridized carbons (Fsp3) is 0.615. The Labute approximate surface area is 195 Å². The second kappa shape index (κ2) is 8.76. The average Bonchev–Trinajstić information content (AvgIpc) is 3.15. The summed E-state index contributed by atoms with van der Waals surface area (Å²) in [6, 6.07) is 4.42. The molecule has 0 aromatic heterocycles. The summed E-state index contributed by atoms with van der Waals surface area (Å²) in [7, 11) is 3.64. The van der Waals surface area contributed by atoms with Crippen molar-refractivity contribution >= 4 is 11.9 Å². The van der Waals surface area contributed by atoms with Gasteiger partial charge in [-0.25, -0.2) is 0 Å². The van der Waals surface area contributed by atoms with E-state index in [4.69, 9.17) is 18.9 Å². The van der Waals surface area contributed by atoms with Gasteiger partial charge in [-0.15, -0.1) is 0 Å². The molecule has 0 radical (unpaired) electrons. The Morgan fingerprint density at radius 2 is 2.06 bits per heavy atom. The molecule has 178 valence electrons. The Morgan fingerprint density at radius 3 is 2.85 bits per heavy atom. The number of carbonyl (C=O) groups excluding carboxylic acids is 2. The number of piperidine rings is 1. The van der Waals surface area contributed by atoms with Crippen LogP contribution in [0.15, 0.2) is 24.3 Å². The quantitative estimate of drug-likeness (QED) is 0.258. The van der Waals surface area contributed by atoms with Gasteiger partial charge < -0.3 is 23.8 Å². The van der Waals surface area contributed by atoms with E-state index < -0.39 is 0 Å². The molecule has 7 heteroatoms. The number of ether oxygens (including phenoxy) is 4. The van der Waals surface area contributed by atoms with Crippen molar-refractivity contribution in [2.45, 2.75) is 69.1 Å². The molecular weight excluding hydrogens is 422 g/mol. The molecule has 0 amide bonds. The number of unbranched alkanes of at least 4 members (excludes halogenated alkanes) is 2. The number of hydrogen-bond donors (Lipinski definition) is 0. The summed E-state index contributed by atoms with van der Waals surface area (Å²) in [5.41, 5.74) is 2.38. The molecule has 1 saturated heterocycles. The SMILES string of the molecule is COC(=O)CCCCCOC1C=C[C@H]2[C@H]3Cc4ccc(OC(C)=O)c5c4[C@@]2(CCN3C)C1O5. The van der Waals surface area contributed by atoms with Crippen LogP contribution in [0.3, 0.4) is 0 Å². The molecule has 2 bridgehead atoms. The second-order valence-corrected chi connectivity index (χ2v) is 9.73. The van der Waals surface area contributed by atoms with E-state index in [1.54, 1.807) is 0 Å². The number of likely N-dealkylation sites (N-methyl/N-ethyl adjacent to an activating group) is 1. The lowest BCUT2D eigenvalue weighted by Crippen LogP contribution is -2.65. The molecule has 2 unspecified atom stereocenters. The summed E-state index contributed by atoms with van der Waals surface area (Å²) in [5.74, 6) is 1.09. The van der Waals surface area contributed by atoms with Gasteiger partial charge in [-0.3, -0.25) is 9.59 Å². The molecule has 1 aromatic rings. The first-order valence-electron chi connectivity index (χ1n) is 12.0. The van der Waals surface area contributed by atoms with Gasteiger partial charge in [0.2, 0.25) is 0 Å². The molecule has 7 nitrogen and oxygen atoms in total. The van der Waals surface area contributed by atoms with E-state index in [2.05, 4.69) is 30.2 Å². The van der Waals surface area contributed by atoms with Gasteiger partial charge in [-0.05, 0) is 50.9 Å². The summed E-state index contributed by atoms with van der Waals surface area (Å²) < 4.78 is 23.3. The van der Waals surface area contributed by atoms with E-state index in [1.807, 2.05) is 6.07 Å². The number of benzene rings is 1. The van der Waals surface area contributed by atoms with E-state index in [1.165, 1.54) is 25.2 Å². The van der Waals surface area contributed by atoms with Crippen molar-refractivity contribution in [2.75, 3.05) is 27.3 Å². The number of rotatable bonds is 8. The van der Waals surface area contributed by atoms with Crippen LogP contribution in [0.5, 0.6) is 11.5 Å². The van der Waals surface area contributed by atoms with Gasteiger partial charge in [-0.2, -0.15) is 0 Å². The molecule has 4 aliphatic rings. The second-order valence-electron chi connectivity index (χ2n) is 9.73. The van der Waals surface area contributed by atoms with Crippen LogP contribution in [0.25, 0.3) is 0 Å². The number of nitrogens with zero attached hydrogens (tertiary/aromatic N) is 1. The fourth-order valence-electron chi connectivity index (χ4n) is 6.46. The summed E-state index contributed by atoms with van der Waals surface area (Å²) in [6.45, 7) is 3.04. The molecule has 0 N–H and O–H groups in total. The Morgan fingerprint density at radius 1 is 1.21 bits per heavy atom. The van der Waals surface area contributed by atoms with Crippen LogP contribution in [-0.2, 0) is 30.9 Å². The number of methoxy groups -OCH3 is 1. The van der Waals surface area contributed by atoms with Gasteiger partial charge in [0.15, 0.2) is 11.5 Å². The highest BCUT2D eigenvalue weighted by molar-refractivity contribution is 5.72. The van der Waals surface area contributed by atoms with Crippen molar-refractivity contribution in [3.05, 3.63) is 35.4 Å². The van der Waals surface area contributed by atoms with Crippen molar-refractivity contribution in [1.29, 1.82) is 0 Å². The topological polar surface area (TPSA) is 74.3 Å². The van der Waals surface area contributed by atoms with Gasteiger partial charge in [0.05, 0.1) is 7.11 Å². The first kappa shape index (κ1) is 22.4. The van der Waals surface area contributed by atoms with E-state index >= 15 is 0 Å². The van der Waals surface area contributed by atoms with Gasteiger partial charge in [-0.1, -0.05) is 24.6 Å². The lowest BCUT2D eigenvalue weighted by atomic mass is 9.53. The summed E-state index contributed by atoms with van der Waals surface area (Å²) >= 11 is 0. The molecule has 5 rings (SSSR count). The van der Waals surface area contributed by atoms with Crippen LogP contribution in [0.2, 0.25) is 0 Å². The summed E-state index contributed by atoms with van der Waals surface area (Å²) in [5, 5.41) is 0. The lowest BCUT2D eigenvalue weighted by molar-refractivity contribution is -0.140. The standard InChI is InChI=1S/C26H33NO6/c1-16(28)32-20-10-8-17-15-19-18-9-11-21(31-14-6-4-5-7-22(29)30-3)25-26(18,12-13-27(19)2)23(17)24(20)33-25/h8-11,18-19,21,25H,4-7,12-15H2,1-3H3/t18-,19+,21?,25?,26-/m0/s1. The van der Waals surface area contributed by atoms with E-state index in [-0.39, 0.29) is 29.6 Å². The summed E-state index contributed by atoms with van der Waals surface area (Å²) in [4.78, 5) is 25.5. The monoisotopic (exact) mass is 455 g/mol. The zero-order chi connectivity index (χ0) is 23.2. The maximum absolute atomic E-state index is 11.7. The highest BCUT2D eigenvalue weighted by atomic mass is 16.6. The molecule has 2 aliphatic heterocycles. The lowest BCUT2D eigenvalue weighted by Gasteiger charge is -2.56. The van der Waals surface area contributed by atoms with Crippen LogP contribution in [0.4, 0.5) is 0 Å². The molecule has 33 heavy (non-hydrogen) atoms. The number of hydrogen-bond acceptors (Lipinski definition) is 7. The zero-order valence-electron chi connectivity index (χ0n) is 19.7. The van der Waals surface area contributed by atoms with Crippen LogP contribution in [-0.4, -0.2) is 62.4 Å². The van der Waals surface area contributed by atoms with Crippen molar-refractivity contribution in [1.82, 2.24) is 4.90 Å². The van der Waals surface area contributed by atoms with Crippen LogP contribution < -0.4 is 9.47 Å². The zero-order valence-corrected chi connectivity index (χ0v) is 19.7. The predicted molar refractivity (Wildman–Crippen MR) is 121 cm³/mol.